The Kier molecular flexibility index (Phi) is 3.63. The molecule has 0 aromatic heterocycles. The Morgan fingerprint density at radius 3 is 2.68 bits per heavy atom. The normalized spacial score (nSPS) is 40.3. The molecule has 1 saturated carbocycles. The fraction of sp³-hybridized carbons (Fsp3) is 1.00. The molecule has 0 amide bonds. The number of hydrogen-bond acceptors (Lipinski definition) is 4. The number of rotatable bonds is 3. The van der Waals surface area contributed by atoms with E-state index in [4.69, 9.17) is 9.47 Å². The molecule has 2 saturated heterocycles. The lowest BCUT2D eigenvalue weighted by Crippen LogP contribution is -2.70. The molecule has 0 aromatic rings. The van der Waals surface area contributed by atoms with Crippen molar-refractivity contribution in [1.82, 2.24) is 5.32 Å². The van der Waals surface area contributed by atoms with Crippen molar-refractivity contribution in [3.63, 3.8) is 0 Å². The lowest BCUT2D eigenvalue weighted by atomic mass is 9.55. The van der Waals surface area contributed by atoms with Crippen molar-refractivity contribution in [2.75, 3.05) is 26.4 Å². The van der Waals surface area contributed by atoms with Gasteiger partial charge in [-0.3, -0.25) is 0 Å². The summed E-state index contributed by atoms with van der Waals surface area (Å²) in [5.74, 6) is 0.632. The van der Waals surface area contributed by atoms with Gasteiger partial charge in [0.2, 0.25) is 0 Å². The molecule has 19 heavy (non-hydrogen) atoms. The summed E-state index contributed by atoms with van der Waals surface area (Å²) in [4.78, 5) is 0. The molecule has 1 aliphatic carbocycles. The van der Waals surface area contributed by atoms with Crippen LogP contribution in [0.5, 0.6) is 0 Å². The quantitative estimate of drug-likeness (QED) is 0.811. The van der Waals surface area contributed by atoms with E-state index in [0.717, 1.165) is 19.4 Å². The van der Waals surface area contributed by atoms with Crippen molar-refractivity contribution in [1.29, 1.82) is 0 Å². The number of nitrogens with one attached hydrogen (secondary N) is 1. The van der Waals surface area contributed by atoms with E-state index in [0.29, 0.717) is 37.8 Å². The Balaban J connectivity index is 1.57. The van der Waals surface area contributed by atoms with Gasteiger partial charge in [0.1, 0.15) is 0 Å². The maximum Gasteiger partial charge on any atom is 0.0815 e. The molecule has 4 nitrogen and oxygen atoms in total. The van der Waals surface area contributed by atoms with Crippen LogP contribution in [0.3, 0.4) is 0 Å². The third-order valence-electron chi connectivity index (χ3n) is 5.41. The molecule has 110 valence electrons. The maximum atomic E-state index is 10.5. The van der Waals surface area contributed by atoms with E-state index in [9.17, 15) is 5.11 Å². The molecule has 3 fully saturated rings. The first-order valence-electron chi connectivity index (χ1n) is 7.68. The van der Waals surface area contributed by atoms with E-state index in [1.54, 1.807) is 0 Å². The predicted molar refractivity (Wildman–Crippen MR) is 73.0 cm³/mol. The van der Waals surface area contributed by atoms with E-state index >= 15 is 0 Å². The van der Waals surface area contributed by atoms with Crippen molar-refractivity contribution >= 4 is 0 Å². The van der Waals surface area contributed by atoms with E-state index in [2.05, 4.69) is 19.2 Å². The van der Waals surface area contributed by atoms with Gasteiger partial charge in [-0.05, 0) is 12.8 Å². The highest BCUT2D eigenvalue weighted by molar-refractivity contribution is 5.10. The Hall–Kier alpha value is -0.160. The van der Waals surface area contributed by atoms with Crippen LogP contribution >= 0.6 is 0 Å². The first-order chi connectivity index (χ1) is 9.03. The SMILES string of the molecule is CC1(C)C(NCC2(O)CCOCC2)C2CCCOC21. The Labute approximate surface area is 115 Å². The summed E-state index contributed by atoms with van der Waals surface area (Å²) in [5.41, 5.74) is -0.387. The van der Waals surface area contributed by atoms with Gasteiger partial charge in [-0.15, -0.1) is 0 Å². The molecule has 2 N–H and O–H groups in total. The second-order valence-corrected chi connectivity index (χ2v) is 7.11. The van der Waals surface area contributed by atoms with Crippen LogP contribution in [0.1, 0.15) is 39.5 Å². The number of aliphatic hydroxyl groups is 1. The van der Waals surface area contributed by atoms with Gasteiger partial charge in [-0.2, -0.15) is 0 Å². The van der Waals surface area contributed by atoms with E-state index < -0.39 is 5.60 Å². The average molecular weight is 269 g/mol. The van der Waals surface area contributed by atoms with Gasteiger partial charge in [0.05, 0.1) is 11.7 Å². The van der Waals surface area contributed by atoms with Crippen molar-refractivity contribution in [2.24, 2.45) is 11.3 Å². The fourth-order valence-electron chi connectivity index (χ4n) is 4.16. The lowest BCUT2D eigenvalue weighted by molar-refractivity contribution is -0.195. The Bertz CT molecular complexity index is 325. The maximum absolute atomic E-state index is 10.5. The number of hydrogen-bond donors (Lipinski definition) is 2. The lowest BCUT2D eigenvalue weighted by Gasteiger charge is -2.60. The zero-order valence-electron chi connectivity index (χ0n) is 12.2. The van der Waals surface area contributed by atoms with Crippen LogP contribution in [0, 0.1) is 11.3 Å². The average Bonchev–Trinajstić information content (AvgIpc) is 2.39. The van der Waals surface area contributed by atoms with Crippen LogP contribution in [0.25, 0.3) is 0 Å². The van der Waals surface area contributed by atoms with Crippen molar-refractivity contribution in [3.8, 4) is 0 Å². The molecule has 4 heteroatoms. The third-order valence-corrected chi connectivity index (χ3v) is 5.41. The first-order valence-corrected chi connectivity index (χ1v) is 7.68. The minimum Gasteiger partial charge on any atom is -0.388 e. The molecule has 0 bridgehead atoms. The highest BCUT2D eigenvalue weighted by atomic mass is 16.5. The molecule has 3 aliphatic rings. The van der Waals surface area contributed by atoms with Gasteiger partial charge in [0.15, 0.2) is 0 Å². The van der Waals surface area contributed by atoms with E-state index in [-0.39, 0.29) is 5.41 Å². The summed E-state index contributed by atoms with van der Waals surface area (Å²) in [7, 11) is 0. The van der Waals surface area contributed by atoms with Crippen LogP contribution in [0.15, 0.2) is 0 Å². The van der Waals surface area contributed by atoms with Crippen molar-refractivity contribution in [2.45, 2.75) is 57.3 Å². The van der Waals surface area contributed by atoms with Crippen molar-refractivity contribution in [3.05, 3.63) is 0 Å². The molecule has 0 radical (unpaired) electrons. The molecule has 2 heterocycles. The summed E-state index contributed by atoms with van der Waals surface area (Å²) in [6, 6.07) is 0.477. The molecule has 3 rings (SSSR count). The summed E-state index contributed by atoms with van der Waals surface area (Å²) < 4.78 is 11.2. The van der Waals surface area contributed by atoms with Gasteiger partial charge in [-0.1, -0.05) is 13.8 Å². The Morgan fingerprint density at radius 2 is 1.95 bits per heavy atom. The molecule has 3 atom stereocenters. The summed E-state index contributed by atoms with van der Waals surface area (Å²) in [5, 5.41) is 14.2. The fourth-order valence-corrected chi connectivity index (χ4v) is 4.16. The van der Waals surface area contributed by atoms with Crippen molar-refractivity contribution < 1.29 is 14.6 Å². The van der Waals surface area contributed by atoms with Gasteiger partial charge in [0, 0.05) is 56.6 Å². The van der Waals surface area contributed by atoms with Gasteiger partial charge >= 0.3 is 0 Å². The van der Waals surface area contributed by atoms with Gasteiger partial charge in [0.25, 0.3) is 0 Å². The molecular formula is C15H27NO3. The molecule has 0 spiro atoms. The minimum atomic E-state index is -0.574. The van der Waals surface area contributed by atoms with Gasteiger partial charge in [-0.25, -0.2) is 0 Å². The van der Waals surface area contributed by atoms with Crippen LogP contribution < -0.4 is 5.32 Å². The van der Waals surface area contributed by atoms with Gasteiger partial charge < -0.3 is 19.9 Å². The van der Waals surface area contributed by atoms with E-state index in [1.165, 1.54) is 12.8 Å². The minimum absolute atomic E-state index is 0.187. The highest BCUT2D eigenvalue weighted by Crippen LogP contribution is 2.51. The highest BCUT2D eigenvalue weighted by Gasteiger charge is 2.57. The number of fused-ring (bicyclic) bond motifs is 1. The van der Waals surface area contributed by atoms with Crippen LogP contribution in [-0.4, -0.2) is 49.2 Å². The number of ether oxygens (including phenoxy) is 2. The summed E-state index contributed by atoms with van der Waals surface area (Å²) in [6.45, 7) is 7.53. The Morgan fingerprint density at radius 1 is 1.21 bits per heavy atom. The third kappa shape index (κ3) is 2.44. The predicted octanol–water partition coefficient (Wildman–Crippen LogP) is 1.32. The smallest absolute Gasteiger partial charge is 0.0815 e. The zero-order valence-corrected chi connectivity index (χ0v) is 12.2. The zero-order chi connectivity index (χ0) is 13.5. The first kappa shape index (κ1) is 13.8. The van der Waals surface area contributed by atoms with Crippen LogP contribution in [0.2, 0.25) is 0 Å². The summed E-state index contributed by atoms with van der Waals surface area (Å²) in [6.07, 6.45) is 4.33. The molecule has 3 unspecified atom stereocenters. The van der Waals surface area contributed by atoms with E-state index in [1.807, 2.05) is 0 Å². The summed E-state index contributed by atoms with van der Waals surface area (Å²) >= 11 is 0. The van der Waals surface area contributed by atoms with Crippen LogP contribution in [0.4, 0.5) is 0 Å². The molecule has 2 aliphatic heterocycles. The standard InChI is InChI=1S/C15H27NO3/c1-14(2)12(11-4-3-7-19-13(11)14)16-10-15(17)5-8-18-9-6-15/h11-13,16-17H,3-10H2,1-2H3. The topological polar surface area (TPSA) is 50.7 Å². The van der Waals surface area contributed by atoms with Crippen LogP contribution in [-0.2, 0) is 9.47 Å². The largest absolute Gasteiger partial charge is 0.388 e. The monoisotopic (exact) mass is 269 g/mol. The second kappa shape index (κ2) is 4.99. The second-order valence-electron chi connectivity index (χ2n) is 7.11. The molecule has 0 aromatic carbocycles. The molecular weight excluding hydrogens is 242 g/mol.